The molecule has 0 fully saturated rings. The first-order valence-electron chi connectivity index (χ1n) is 9.51. The van der Waals surface area contributed by atoms with E-state index in [1.165, 1.54) is 0 Å². The van der Waals surface area contributed by atoms with Crippen LogP contribution >= 0.6 is 15.9 Å². The van der Waals surface area contributed by atoms with Crippen LogP contribution in [0.25, 0.3) is 0 Å². The van der Waals surface area contributed by atoms with Gasteiger partial charge < -0.3 is 19.5 Å². The predicted octanol–water partition coefficient (Wildman–Crippen LogP) is 4.10. The SMILES string of the molecule is CCCOC(=O)C1=C(C)NC2=C(C(=O)CCC2)[C@H]1c1cc2c(cc1Br)OCO2. The molecule has 0 radical (unpaired) electrons. The van der Waals surface area contributed by atoms with E-state index in [1.54, 1.807) is 0 Å². The lowest BCUT2D eigenvalue weighted by molar-refractivity contribution is -0.139. The number of benzene rings is 1. The highest BCUT2D eigenvalue weighted by molar-refractivity contribution is 9.10. The molecule has 0 saturated heterocycles. The highest BCUT2D eigenvalue weighted by Gasteiger charge is 2.40. The first-order valence-corrected chi connectivity index (χ1v) is 10.3. The normalized spacial score (nSPS) is 20.8. The maximum Gasteiger partial charge on any atom is 0.336 e. The fraction of sp³-hybridized carbons (Fsp3) is 0.429. The molecule has 0 amide bonds. The van der Waals surface area contributed by atoms with E-state index in [0.29, 0.717) is 35.7 Å². The van der Waals surface area contributed by atoms with Gasteiger partial charge in [-0.25, -0.2) is 4.79 Å². The van der Waals surface area contributed by atoms with E-state index < -0.39 is 11.9 Å². The van der Waals surface area contributed by atoms with E-state index in [9.17, 15) is 9.59 Å². The molecule has 4 rings (SSSR count). The van der Waals surface area contributed by atoms with Gasteiger partial charge in [-0.1, -0.05) is 22.9 Å². The van der Waals surface area contributed by atoms with Crippen molar-refractivity contribution in [1.29, 1.82) is 0 Å². The molecule has 0 aromatic heterocycles. The topological polar surface area (TPSA) is 73.9 Å². The van der Waals surface area contributed by atoms with Crippen molar-refractivity contribution < 1.29 is 23.8 Å². The van der Waals surface area contributed by atoms with Gasteiger partial charge in [0.25, 0.3) is 0 Å². The number of hydrogen-bond donors (Lipinski definition) is 1. The molecular formula is C21H22BrNO5. The van der Waals surface area contributed by atoms with E-state index in [1.807, 2.05) is 26.0 Å². The second-order valence-electron chi connectivity index (χ2n) is 7.13. The first kappa shape index (κ1) is 19.1. The largest absolute Gasteiger partial charge is 0.462 e. The monoisotopic (exact) mass is 447 g/mol. The average molecular weight is 448 g/mol. The third-order valence-electron chi connectivity index (χ3n) is 5.24. The number of Topliss-reactive ketones (excluding diaryl/α,β-unsaturated/α-hetero) is 1. The van der Waals surface area contributed by atoms with Crippen LogP contribution in [0.4, 0.5) is 0 Å². The second-order valence-corrected chi connectivity index (χ2v) is 7.98. The minimum atomic E-state index is -0.503. The Morgan fingerprint density at radius 1 is 1.29 bits per heavy atom. The van der Waals surface area contributed by atoms with E-state index in [-0.39, 0.29) is 12.6 Å². The van der Waals surface area contributed by atoms with Gasteiger partial charge in [0.15, 0.2) is 17.3 Å². The number of carbonyl (C=O) groups excluding carboxylic acids is 2. The number of fused-ring (bicyclic) bond motifs is 1. The summed E-state index contributed by atoms with van der Waals surface area (Å²) in [5, 5.41) is 3.29. The van der Waals surface area contributed by atoms with Gasteiger partial charge in [0.1, 0.15) is 0 Å². The van der Waals surface area contributed by atoms with E-state index in [0.717, 1.165) is 40.7 Å². The lowest BCUT2D eigenvalue weighted by Gasteiger charge is -2.34. The second kappa shape index (κ2) is 7.62. The van der Waals surface area contributed by atoms with Crippen molar-refractivity contribution in [3.8, 4) is 11.5 Å². The highest BCUT2D eigenvalue weighted by Crippen LogP contribution is 2.48. The number of rotatable bonds is 4. The Labute approximate surface area is 172 Å². The summed E-state index contributed by atoms with van der Waals surface area (Å²) in [6.07, 6.45) is 2.81. The van der Waals surface area contributed by atoms with Gasteiger partial charge in [0.2, 0.25) is 6.79 Å². The number of ketones is 1. The Balaban J connectivity index is 1.87. The van der Waals surface area contributed by atoms with Crippen LogP contribution in [-0.2, 0) is 14.3 Å². The molecule has 7 heteroatoms. The number of allylic oxidation sites excluding steroid dienone is 3. The fourth-order valence-corrected chi connectivity index (χ4v) is 4.54. The van der Waals surface area contributed by atoms with Crippen molar-refractivity contribution >= 4 is 27.7 Å². The molecule has 1 aromatic carbocycles. The Morgan fingerprint density at radius 3 is 2.79 bits per heavy atom. The zero-order valence-electron chi connectivity index (χ0n) is 15.9. The summed E-state index contributed by atoms with van der Waals surface area (Å²) in [6, 6.07) is 3.69. The maximum atomic E-state index is 13.0. The molecular weight excluding hydrogens is 426 g/mol. The Bertz CT molecular complexity index is 918. The minimum Gasteiger partial charge on any atom is -0.462 e. The van der Waals surface area contributed by atoms with Crippen LogP contribution < -0.4 is 14.8 Å². The number of carbonyl (C=O) groups is 2. The van der Waals surface area contributed by atoms with Crippen LogP contribution in [0.15, 0.2) is 39.1 Å². The van der Waals surface area contributed by atoms with Gasteiger partial charge in [0.05, 0.1) is 12.2 Å². The summed E-state index contributed by atoms with van der Waals surface area (Å²) in [4.78, 5) is 25.9. The number of dihydropyridines is 1. The quantitative estimate of drug-likeness (QED) is 0.700. The van der Waals surface area contributed by atoms with Crippen LogP contribution in [0, 0.1) is 0 Å². The van der Waals surface area contributed by atoms with Gasteiger partial charge in [-0.05, 0) is 43.9 Å². The van der Waals surface area contributed by atoms with Gasteiger partial charge >= 0.3 is 5.97 Å². The van der Waals surface area contributed by atoms with Gasteiger partial charge in [0, 0.05) is 33.8 Å². The summed E-state index contributed by atoms with van der Waals surface area (Å²) in [6.45, 7) is 4.30. The zero-order valence-corrected chi connectivity index (χ0v) is 17.5. The summed E-state index contributed by atoms with van der Waals surface area (Å²) >= 11 is 3.61. The number of ether oxygens (including phenoxy) is 3. The smallest absolute Gasteiger partial charge is 0.336 e. The van der Waals surface area contributed by atoms with Gasteiger partial charge in [-0.2, -0.15) is 0 Å². The van der Waals surface area contributed by atoms with Crippen molar-refractivity contribution in [2.45, 2.75) is 45.4 Å². The molecule has 2 aliphatic heterocycles. The number of halogens is 1. The molecule has 6 nitrogen and oxygen atoms in total. The molecule has 2 heterocycles. The highest BCUT2D eigenvalue weighted by atomic mass is 79.9. The number of esters is 1. The molecule has 0 unspecified atom stereocenters. The van der Waals surface area contributed by atoms with Crippen molar-refractivity contribution in [3.05, 3.63) is 44.7 Å². The summed E-state index contributed by atoms with van der Waals surface area (Å²) in [5.41, 5.74) is 3.55. The van der Waals surface area contributed by atoms with Crippen molar-refractivity contribution in [3.63, 3.8) is 0 Å². The predicted molar refractivity (Wildman–Crippen MR) is 106 cm³/mol. The lowest BCUT2D eigenvalue weighted by Crippen LogP contribution is -2.34. The molecule has 148 valence electrons. The zero-order chi connectivity index (χ0) is 19.8. The number of hydrogen-bond acceptors (Lipinski definition) is 6. The average Bonchev–Trinajstić information content (AvgIpc) is 3.11. The number of nitrogens with one attached hydrogen (secondary N) is 1. The maximum absolute atomic E-state index is 13.0. The Hall–Kier alpha value is -2.28. The molecule has 28 heavy (non-hydrogen) atoms. The van der Waals surface area contributed by atoms with Gasteiger partial charge in [-0.15, -0.1) is 0 Å². The van der Waals surface area contributed by atoms with E-state index in [2.05, 4.69) is 21.2 Å². The first-order chi connectivity index (χ1) is 13.5. The molecule has 3 aliphatic rings. The van der Waals surface area contributed by atoms with Crippen LogP contribution in [0.3, 0.4) is 0 Å². The third-order valence-corrected chi connectivity index (χ3v) is 5.92. The summed E-state index contributed by atoms with van der Waals surface area (Å²) in [7, 11) is 0. The fourth-order valence-electron chi connectivity index (χ4n) is 3.99. The molecule has 0 saturated carbocycles. The van der Waals surface area contributed by atoms with E-state index in [4.69, 9.17) is 14.2 Å². The minimum absolute atomic E-state index is 0.0663. The molecule has 1 atom stereocenters. The Morgan fingerprint density at radius 2 is 2.04 bits per heavy atom. The van der Waals surface area contributed by atoms with E-state index >= 15 is 0 Å². The molecule has 1 N–H and O–H groups in total. The standard InChI is InChI=1S/C21H22BrNO5/c1-3-7-26-21(25)18-11(2)23-14-5-4-6-15(24)20(14)19(18)12-8-16-17(9-13(12)22)28-10-27-16/h8-9,19,23H,3-7,10H2,1-2H3/t19-/m0/s1. The van der Waals surface area contributed by atoms with Crippen molar-refractivity contribution in [2.75, 3.05) is 13.4 Å². The van der Waals surface area contributed by atoms with Crippen LogP contribution in [0.1, 0.15) is 51.0 Å². The lowest BCUT2D eigenvalue weighted by atomic mass is 9.75. The summed E-state index contributed by atoms with van der Waals surface area (Å²) < 4.78 is 17.2. The molecule has 0 bridgehead atoms. The molecule has 0 spiro atoms. The van der Waals surface area contributed by atoms with Crippen LogP contribution in [0.5, 0.6) is 11.5 Å². The van der Waals surface area contributed by atoms with Gasteiger partial charge in [-0.3, -0.25) is 4.79 Å². The third kappa shape index (κ3) is 3.21. The molecule has 1 aromatic rings. The molecule has 1 aliphatic carbocycles. The summed E-state index contributed by atoms with van der Waals surface area (Å²) in [5.74, 6) is 0.422. The van der Waals surface area contributed by atoms with Crippen LogP contribution in [-0.4, -0.2) is 25.2 Å². The van der Waals surface area contributed by atoms with Crippen LogP contribution in [0.2, 0.25) is 0 Å². The Kier molecular flexibility index (Phi) is 5.19. The van der Waals surface area contributed by atoms with Crippen molar-refractivity contribution in [2.24, 2.45) is 0 Å². The van der Waals surface area contributed by atoms with Crippen molar-refractivity contribution in [1.82, 2.24) is 5.32 Å².